The van der Waals surface area contributed by atoms with Gasteiger partial charge in [0.2, 0.25) is 0 Å². The molecule has 0 saturated carbocycles. The zero-order chi connectivity index (χ0) is 18.5. The lowest BCUT2D eigenvalue weighted by Gasteiger charge is -2.22. The van der Waals surface area contributed by atoms with Crippen molar-refractivity contribution in [3.8, 4) is 5.75 Å². The first-order valence-electron chi connectivity index (χ1n) is 9.90. The molecule has 0 spiro atoms. The number of rotatable bonds is 13. The van der Waals surface area contributed by atoms with Crippen LogP contribution in [0, 0.1) is 0 Å². The standard InChI is InChI=1S/C23H33NO2/c1-2-3-15-24(16-7-8-18-25)17-19-26-23-13-11-22(12-14-23)20-21-9-5-4-6-10-21/h4-6,9-14,25H,2-3,7-8,15-20H2,1H3. The highest BCUT2D eigenvalue weighted by Gasteiger charge is 2.05. The van der Waals surface area contributed by atoms with E-state index in [0.717, 1.165) is 44.6 Å². The molecule has 2 aromatic rings. The van der Waals surface area contributed by atoms with Crippen molar-refractivity contribution in [3.63, 3.8) is 0 Å². The van der Waals surface area contributed by atoms with Crippen LogP contribution in [0.2, 0.25) is 0 Å². The number of benzene rings is 2. The van der Waals surface area contributed by atoms with E-state index in [4.69, 9.17) is 9.84 Å². The molecule has 0 saturated heterocycles. The Bertz CT molecular complexity index is 583. The van der Waals surface area contributed by atoms with Crippen molar-refractivity contribution < 1.29 is 9.84 Å². The molecular weight excluding hydrogens is 322 g/mol. The number of hydrogen-bond donors (Lipinski definition) is 1. The second-order valence-electron chi connectivity index (χ2n) is 6.78. The Morgan fingerprint density at radius 1 is 0.808 bits per heavy atom. The van der Waals surface area contributed by atoms with Crippen LogP contribution in [0.15, 0.2) is 54.6 Å². The molecule has 0 aromatic heterocycles. The molecule has 2 aromatic carbocycles. The van der Waals surface area contributed by atoms with E-state index in [-0.39, 0.29) is 6.61 Å². The molecule has 3 nitrogen and oxygen atoms in total. The van der Waals surface area contributed by atoms with Gasteiger partial charge in [-0.1, -0.05) is 55.8 Å². The zero-order valence-corrected chi connectivity index (χ0v) is 16.1. The van der Waals surface area contributed by atoms with Gasteiger partial charge in [-0.25, -0.2) is 0 Å². The number of ether oxygens (including phenoxy) is 1. The fraction of sp³-hybridized carbons (Fsp3) is 0.478. The van der Waals surface area contributed by atoms with E-state index in [0.29, 0.717) is 6.61 Å². The maximum Gasteiger partial charge on any atom is 0.119 e. The molecule has 26 heavy (non-hydrogen) atoms. The van der Waals surface area contributed by atoms with Crippen molar-refractivity contribution in [2.24, 2.45) is 0 Å². The van der Waals surface area contributed by atoms with Crippen LogP contribution in [0.3, 0.4) is 0 Å². The van der Waals surface area contributed by atoms with Crippen LogP contribution in [0.4, 0.5) is 0 Å². The van der Waals surface area contributed by atoms with E-state index >= 15 is 0 Å². The van der Waals surface area contributed by atoms with Crippen LogP contribution in [0.5, 0.6) is 5.75 Å². The van der Waals surface area contributed by atoms with Crippen LogP contribution in [0.1, 0.15) is 43.7 Å². The van der Waals surface area contributed by atoms with Gasteiger partial charge in [0.25, 0.3) is 0 Å². The van der Waals surface area contributed by atoms with Gasteiger partial charge in [-0.2, -0.15) is 0 Å². The highest BCUT2D eigenvalue weighted by atomic mass is 16.5. The van der Waals surface area contributed by atoms with Gasteiger partial charge in [-0.05, 0) is 62.0 Å². The van der Waals surface area contributed by atoms with E-state index in [1.807, 2.05) is 6.07 Å². The predicted molar refractivity (Wildman–Crippen MR) is 109 cm³/mol. The Hall–Kier alpha value is -1.84. The SMILES string of the molecule is CCCCN(CCCCO)CCOc1ccc(Cc2ccccc2)cc1. The van der Waals surface area contributed by atoms with E-state index in [1.54, 1.807) is 0 Å². The average molecular weight is 356 g/mol. The van der Waals surface area contributed by atoms with Crippen molar-refractivity contribution in [1.82, 2.24) is 4.90 Å². The van der Waals surface area contributed by atoms with Crippen molar-refractivity contribution in [3.05, 3.63) is 65.7 Å². The van der Waals surface area contributed by atoms with Crippen LogP contribution in [-0.4, -0.2) is 42.9 Å². The summed E-state index contributed by atoms with van der Waals surface area (Å²) in [6.07, 6.45) is 5.31. The summed E-state index contributed by atoms with van der Waals surface area (Å²) in [7, 11) is 0. The summed E-state index contributed by atoms with van der Waals surface area (Å²) in [4.78, 5) is 2.45. The average Bonchev–Trinajstić information content (AvgIpc) is 2.68. The summed E-state index contributed by atoms with van der Waals surface area (Å²) in [5.41, 5.74) is 2.63. The van der Waals surface area contributed by atoms with Gasteiger partial charge < -0.3 is 9.84 Å². The molecule has 0 bridgehead atoms. The maximum absolute atomic E-state index is 8.95. The lowest BCUT2D eigenvalue weighted by atomic mass is 10.1. The van der Waals surface area contributed by atoms with Gasteiger partial charge in [0.05, 0.1) is 0 Å². The molecule has 0 aliphatic rings. The third-order valence-corrected chi connectivity index (χ3v) is 4.56. The summed E-state index contributed by atoms with van der Waals surface area (Å²) in [6, 6.07) is 19.0. The molecule has 0 unspecified atom stereocenters. The van der Waals surface area contributed by atoms with Crippen LogP contribution < -0.4 is 4.74 Å². The Labute approximate surface area is 158 Å². The molecule has 0 atom stereocenters. The highest BCUT2D eigenvalue weighted by molar-refractivity contribution is 5.31. The minimum Gasteiger partial charge on any atom is -0.492 e. The highest BCUT2D eigenvalue weighted by Crippen LogP contribution is 2.15. The number of aliphatic hydroxyl groups is 1. The molecule has 142 valence electrons. The molecule has 0 aliphatic heterocycles. The normalized spacial score (nSPS) is 11.0. The molecule has 3 heteroatoms. The molecule has 0 radical (unpaired) electrons. The molecule has 2 rings (SSSR count). The van der Waals surface area contributed by atoms with Gasteiger partial charge in [-0.3, -0.25) is 4.90 Å². The molecule has 0 heterocycles. The zero-order valence-electron chi connectivity index (χ0n) is 16.1. The van der Waals surface area contributed by atoms with Gasteiger partial charge in [0, 0.05) is 13.2 Å². The van der Waals surface area contributed by atoms with E-state index in [2.05, 4.69) is 60.4 Å². The van der Waals surface area contributed by atoms with Crippen molar-refractivity contribution >= 4 is 0 Å². The summed E-state index contributed by atoms with van der Waals surface area (Å²) in [5, 5.41) is 8.95. The second kappa shape index (κ2) is 12.5. The van der Waals surface area contributed by atoms with Crippen molar-refractivity contribution in [1.29, 1.82) is 0 Å². The fourth-order valence-electron chi connectivity index (χ4n) is 2.99. The summed E-state index contributed by atoms with van der Waals surface area (Å²) in [6.45, 7) is 6.31. The fourth-order valence-corrected chi connectivity index (χ4v) is 2.99. The molecule has 0 amide bonds. The first kappa shape index (κ1) is 20.5. The van der Waals surface area contributed by atoms with Crippen molar-refractivity contribution in [2.45, 2.75) is 39.0 Å². The number of nitrogens with zero attached hydrogens (tertiary/aromatic N) is 1. The summed E-state index contributed by atoms with van der Waals surface area (Å²) >= 11 is 0. The first-order valence-corrected chi connectivity index (χ1v) is 9.90. The Morgan fingerprint density at radius 2 is 1.50 bits per heavy atom. The van der Waals surface area contributed by atoms with Crippen molar-refractivity contribution in [2.75, 3.05) is 32.8 Å². The van der Waals surface area contributed by atoms with Crippen LogP contribution in [0.25, 0.3) is 0 Å². The molecule has 0 aliphatic carbocycles. The molecule has 0 fully saturated rings. The number of hydrogen-bond acceptors (Lipinski definition) is 3. The minimum atomic E-state index is 0.285. The summed E-state index contributed by atoms with van der Waals surface area (Å²) in [5.74, 6) is 0.938. The monoisotopic (exact) mass is 355 g/mol. The quantitative estimate of drug-likeness (QED) is 0.536. The van der Waals surface area contributed by atoms with Gasteiger partial charge in [0.15, 0.2) is 0 Å². The first-order chi connectivity index (χ1) is 12.8. The molecular formula is C23H33NO2. The van der Waals surface area contributed by atoms with Gasteiger partial charge >= 0.3 is 0 Å². The Morgan fingerprint density at radius 3 is 2.19 bits per heavy atom. The number of unbranched alkanes of at least 4 members (excludes halogenated alkanes) is 2. The summed E-state index contributed by atoms with van der Waals surface area (Å²) < 4.78 is 5.94. The van der Waals surface area contributed by atoms with E-state index < -0.39 is 0 Å². The third-order valence-electron chi connectivity index (χ3n) is 4.56. The smallest absolute Gasteiger partial charge is 0.119 e. The lowest BCUT2D eigenvalue weighted by molar-refractivity contribution is 0.197. The maximum atomic E-state index is 8.95. The Balaban J connectivity index is 1.75. The topological polar surface area (TPSA) is 32.7 Å². The van der Waals surface area contributed by atoms with Gasteiger partial charge in [0.1, 0.15) is 12.4 Å². The largest absolute Gasteiger partial charge is 0.492 e. The number of aliphatic hydroxyl groups excluding tert-OH is 1. The second-order valence-corrected chi connectivity index (χ2v) is 6.78. The lowest BCUT2D eigenvalue weighted by Crippen LogP contribution is -2.30. The van der Waals surface area contributed by atoms with Crippen LogP contribution in [-0.2, 0) is 6.42 Å². The third kappa shape index (κ3) is 8.03. The minimum absolute atomic E-state index is 0.285. The van der Waals surface area contributed by atoms with Gasteiger partial charge in [-0.15, -0.1) is 0 Å². The molecule has 1 N–H and O–H groups in total. The van der Waals surface area contributed by atoms with E-state index in [9.17, 15) is 0 Å². The van der Waals surface area contributed by atoms with Crippen LogP contribution >= 0.6 is 0 Å². The van der Waals surface area contributed by atoms with E-state index in [1.165, 1.54) is 24.0 Å². The Kier molecular flexibility index (Phi) is 9.84. The predicted octanol–water partition coefficient (Wildman–Crippen LogP) is 4.53.